The number of hydrazine groups is 1. The molecular weight excluding hydrogens is 301 g/mol. The number of ether oxygens (including phenoxy) is 1. The summed E-state index contributed by atoms with van der Waals surface area (Å²) in [6.07, 6.45) is 1.69. The van der Waals surface area contributed by atoms with Crippen molar-refractivity contribution in [1.29, 1.82) is 0 Å². The number of rotatable bonds is 3. The highest BCUT2D eigenvalue weighted by Gasteiger charge is 2.23. The standard InChI is InChI=1S/C13H19N3O2.2ClH/c14-15-12-7-4-8-16(9-12)13(17)18-10-11-5-2-1-3-6-11;;/h1-3,5-6,12,15H,4,7-10,14H2;2*1H. The van der Waals surface area contributed by atoms with Crippen LogP contribution in [0.25, 0.3) is 0 Å². The maximum absolute atomic E-state index is 11.9. The Hall–Kier alpha value is -1.01. The summed E-state index contributed by atoms with van der Waals surface area (Å²) in [7, 11) is 0. The Morgan fingerprint density at radius 3 is 2.70 bits per heavy atom. The van der Waals surface area contributed by atoms with E-state index in [2.05, 4.69) is 5.43 Å². The van der Waals surface area contributed by atoms with E-state index in [0.29, 0.717) is 13.2 Å². The lowest BCUT2D eigenvalue weighted by molar-refractivity contribution is 0.0834. The van der Waals surface area contributed by atoms with Crippen molar-refractivity contribution in [3.05, 3.63) is 35.9 Å². The van der Waals surface area contributed by atoms with Crippen LogP contribution in [0.15, 0.2) is 30.3 Å². The molecule has 1 atom stereocenters. The minimum absolute atomic E-state index is 0. The molecule has 2 rings (SSSR count). The van der Waals surface area contributed by atoms with Gasteiger partial charge in [0, 0.05) is 19.1 Å². The third-order valence-electron chi connectivity index (χ3n) is 3.12. The quantitative estimate of drug-likeness (QED) is 0.660. The zero-order chi connectivity index (χ0) is 12.8. The van der Waals surface area contributed by atoms with Crippen molar-refractivity contribution in [3.63, 3.8) is 0 Å². The van der Waals surface area contributed by atoms with Crippen molar-refractivity contribution in [2.45, 2.75) is 25.5 Å². The monoisotopic (exact) mass is 321 g/mol. The van der Waals surface area contributed by atoms with Gasteiger partial charge in [-0.25, -0.2) is 4.79 Å². The summed E-state index contributed by atoms with van der Waals surface area (Å²) >= 11 is 0. The Kier molecular flexibility index (Phi) is 9.33. The molecule has 7 heteroatoms. The molecule has 1 heterocycles. The normalized spacial score (nSPS) is 17.6. The lowest BCUT2D eigenvalue weighted by Gasteiger charge is -2.31. The van der Waals surface area contributed by atoms with Gasteiger partial charge in [-0.3, -0.25) is 11.3 Å². The summed E-state index contributed by atoms with van der Waals surface area (Å²) in [6, 6.07) is 9.84. The van der Waals surface area contributed by atoms with Crippen LogP contribution < -0.4 is 11.3 Å². The Balaban J connectivity index is 0.00000180. The summed E-state index contributed by atoms with van der Waals surface area (Å²) in [6.45, 7) is 1.67. The number of halogens is 2. The van der Waals surface area contributed by atoms with Gasteiger partial charge >= 0.3 is 6.09 Å². The number of hydrogen-bond donors (Lipinski definition) is 2. The molecule has 5 nitrogen and oxygen atoms in total. The number of nitrogens with two attached hydrogens (primary N) is 1. The molecule has 1 saturated heterocycles. The van der Waals surface area contributed by atoms with Crippen LogP contribution in [0.4, 0.5) is 4.79 Å². The molecule has 1 unspecified atom stereocenters. The molecule has 1 aliphatic rings. The fourth-order valence-electron chi connectivity index (χ4n) is 2.09. The molecule has 20 heavy (non-hydrogen) atoms. The first-order valence-corrected chi connectivity index (χ1v) is 6.21. The van der Waals surface area contributed by atoms with Gasteiger partial charge in [-0.2, -0.15) is 0 Å². The number of likely N-dealkylation sites (tertiary alicyclic amines) is 1. The van der Waals surface area contributed by atoms with Crippen molar-refractivity contribution in [1.82, 2.24) is 10.3 Å². The van der Waals surface area contributed by atoms with Gasteiger partial charge < -0.3 is 9.64 Å². The number of carbonyl (C=O) groups excluding carboxylic acids is 1. The molecule has 0 aliphatic carbocycles. The number of benzene rings is 1. The third-order valence-corrected chi connectivity index (χ3v) is 3.12. The largest absolute Gasteiger partial charge is 0.445 e. The van der Waals surface area contributed by atoms with E-state index in [-0.39, 0.29) is 36.9 Å². The SMILES string of the molecule is Cl.Cl.NNC1CCCN(C(=O)OCc2ccccc2)C1. The first kappa shape index (κ1) is 19.0. The van der Waals surface area contributed by atoms with E-state index in [1.54, 1.807) is 4.90 Å². The molecule has 1 aromatic carbocycles. The minimum Gasteiger partial charge on any atom is -0.445 e. The molecule has 0 saturated carbocycles. The molecule has 3 N–H and O–H groups in total. The molecule has 1 fully saturated rings. The number of carbonyl (C=O) groups is 1. The predicted molar refractivity (Wildman–Crippen MR) is 83.0 cm³/mol. The second-order valence-corrected chi connectivity index (χ2v) is 4.49. The number of piperidine rings is 1. The lowest BCUT2D eigenvalue weighted by atomic mass is 10.1. The highest BCUT2D eigenvalue weighted by molar-refractivity contribution is 5.85. The molecule has 114 valence electrons. The van der Waals surface area contributed by atoms with Crippen LogP contribution in [0.5, 0.6) is 0 Å². The molecule has 0 spiro atoms. The van der Waals surface area contributed by atoms with E-state index < -0.39 is 0 Å². The van der Waals surface area contributed by atoms with Crippen LogP contribution in [-0.4, -0.2) is 30.1 Å². The van der Waals surface area contributed by atoms with Gasteiger partial charge in [0.1, 0.15) is 6.61 Å². The summed E-state index contributed by atoms with van der Waals surface area (Å²) in [4.78, 5) is 13.6. The van der Waals surface area contributed by atoms with Crippen molar-refractivity contribution in [2.24, 2.45) is 5.84 Å². The van der Waals surface area contributed by atoms with Crippen molar-refractivity contribution in [3.8, 4) is 0 Å². The molecule has 0 radical (unpaired) electrons. The van der Waals surface area contributed by atoms with Gasteiger partial charge in [0.2, 0.25) is 0 Å². The minimum atomic E-state index is -0.265. The van der Waals surface area contributed by atoms with Crippen LogP contribution in [0.3, 0.4) is 0 Å². The molecule has 1 aromatic rings. The summed E-state index contributed by atoms with van der Waals surface area (Å²) in [5.74, 6) is 5.40. The Morgan fingerprint density at radius 2 is 2.05 bits per heavy atom. The summed E-state index contributed by atoms with van der Waals surface area (Å²) in [5.41, 5.74) is 3.71. The molecular formula is C13H21Cl2N3O2. The van der Waals surface area contributed by atoms with Gasteiger partial charge in [-0.15, -0.1) is 24.8 Å². The van der Waals surface area contributed by atoms with Gasteiger partial charge in [0.25, 0.3) is 0 Å². The Morgan fingerprint density at radius 1 is 1.35 bits per heavy atom. The fraction of sp³-hybridized carbons (Fsp3) is 0.462. The number of hydrogen-bond acceptors (Lipinski definition) is 4. The molecule has 0 bridgehead atoms. The van der Waals surface area contributed by atoms with E-state index in [1.807, 2.05) is 30.3 Å². The molecule has 0 aromatic heterocycles. The first-order valence-electron chi connectivity index (χ1n) is 6.21. The van der Waals surface area contributed by atoms with Gasteiger partial charge in [0.05, 0.1) is 0 Å². The smallest absolute Gasteiger partial charge is 0.410 e. The van der Waals surface area contributed by atoms with Gasteiger partial charge in [0.15, 0.2) is 0 Å². The van der Waals surface area contributed by atoms with Crippen molar-refractivity contribution < 1.29 is 9.53 Å². The van der Waals surface area contributed by atoms with Crippen LogP contribution in [0.1, 0.15) is 18.4 Å². The number of nitrogens with one attached hydrogen (secondary N) is 1. The Labute approximate surface area is 131 Å². The van der Waals surface area contributed by atoms with E-state index in [1.165, 1.54) is 0 Å². The summed E-state index contributed by atoms with van der Waals surface area (Å²) in [5, 5.41) is 0. The van der Waals surface area contributed by atoms with E-state index in [9.17, 15) is 4.79 Å². The third kappa shape index (κ3) is 5.54. The average Bonchev–Trinajstić information content (AvgIpc) is 2.46. The van der Waals surface area contributed by atoms with E-state index >= 15 is 0 Å². The van der Waals surface area contributed by atoms with E-state index in [0.717, 1.165) is 24.9 Å². The van der Waals surface area contributed by atoms with Gasteiger partial charge in [-0.1, -0.05) is 30.3 Å². The highest BCUT2D eigenvalue weighted by Crippen LogP contribution is 2.11. The summed E-state index contributed by atoms with van der Waals surface area (Å²) < 4.78 is 5.28. The lowest BCUT2D eigenvalue weighted by Crippen LogP contribution is -2.50. The average molecular weight is 322 g/mol. The predicted octanol–water partition coefficient (Wildman–Crippen LogP) is 2.09. The molecule has 1 aliphatic heterocycles. The zero-order valence-electron chi connectivity index (χ0n) is 11.2. The fourth-order valence-corrected chi connectivity index (χ4v) is 2.09. The maximum atomic E-state index is 11.9. The van der Waals surface area contributed by atoms with Crippen LogP contribution in [0, 0.1) is 0 Å². The van der Waals surface area contributed by atoms with Crippen LogP contribution in [-0.2, 0) is 11.3 Å². The topological polar surface area (TPSA) is 67.6 Å². The van der Waals surface area contributed by atoms with Crippen molar-refractivity contribution in [2.75, 3.05) is 13.1 Å². The second-order valence-electron chi connectivity index (χ2n) is 4.49. The molecule has 1 amide bonds. The van der Waals surface area contributed by atoms with Gasteiger partial charge in [-0.05, 0) is 18.4 Å². The second kappa shape index (κ2) is 9.83. The van der Waals surface area contributed by atoms with E-state index in [4.69, 9.17) is 10.6 Å². The number of nitrogens with zero attached hydrogens (tertiary/aromatic N) is 1. The van der Waals surface area contributed by atoms with Crippen LogP contribution >= 0.6 is 24.8 Å². The number of amides is 1. The van der Waals surface area contributed by atoms with Crippen molar-refractivity contribution >= 4 is 30.9 Å². The van der Waals surface area contributed by atoms with Crippen LogP contribution in [0.2, 0.25) is 0 Å². The Bertz CT molecular complexity index is 392. The first-order chi connectivity index (χ1) is 8.79. The maximum Gasteiger partial charge on any atom is 0.410 e. The zero-order valence-corrected chi connectivity index (χ0v) is 12.8. The highest BCUT2D eigenvalue weighted by atomic mass is 35.5.